The number of aromatic amines is 1. The van der Waals surface area contributed by atoms with Crippen molar-refractivity contribution in [2.24, 2.45) is 0 Å². The van der Waals surface area contributed by atoms with Gasteiger partial charge in [-0.15, -0.1) is 0 Å². The van der Waals surface area contributed by atoms with Crippen molar-refractivity contribution in [2.45, 2.75) is 0 Å². The fourth-order valence-corrected chi connectivity index (χ4v) is 1.98. The van der Waals surface area contributed by atoms with E-state index in [-0.39, 0.29) is 0 Å². The number of benzene rings is 1. The highest BCUT2D eigenvalue weighted by atomic mass is 35.5. The quantitative estimate of drug-likeness (QED) is 0.686. The topological polar surface area (TPSA) is 54.5 Å². The molecule has 0 aliphatic rings. The van der Waals surface area contributed by atoms with Gasteiger partial charge in [0.15, 0.2) is 10.8 Å². The molecule has 1 N–H and O–H groups in total. The zero-order chi connectivity index (χ0) is 11.8. The van der Waals surface area contributed by atoms with Gasteiger partial charge in [0.25, 0.3) is 0 Å². The lowest BCUT2D eigenvalue weighted by atomic mass is 10.2. The normalized spacial score (nSPS) is 10.9. The summed E-state index contributed by atoms with van der Waals surface area (Å²) in [6.07, 6.45) is 1.38. The third-order valence-corrected chi connectivity index (χ3v) is 2.99. The maximum Gasteiger partial charge on any atom is 0.182 e. The first-order valence-electron chi connectivity index (χ1n) is 4.87. The fourth-order valence-electron chi connectivity index (χ4n) is 1.58. The third-order valence-electron chi connectivity index (χ3n) is 2.37. The molecule has 3 aromatic rings. The van der Waals surface area contributed by atoms with Gasteiger partial charge in [-0.25, -0.2) is 15.0 Å². The Hall–Kier alpha value is -1.65. The van der Waals surface area contributed by atoms with E-state index >= 15 is 0 Å². The van der Waals surface area contributed by atoms with Crippen molar-refractivity contribution in [3.8, 4) is 11.4 Å². The first-order chi connectivity index (χ1) is 8.25. The molecule has 0 atom stereocenters. The Morgan fingerprint density at radius 2 is 1.88 bits per heavy atom. The Morgan fingerprint density at radius 3 is 2.65 bits per heavy atom. The third kappa shape index (κ3) is 1.75. The van der Waals surface area contributed by atoms with Gasteiger partial charge in [0.1, 0.15) is 17.7 Å². The van der Waals surface area contributed by atoms with Crippen molar-refractivity contribution in [2.75, 3.05) is 0 Å². The van der Waals surface area contributed by atoms with E-state index in [1.807, 2.05) is 18.2 Å². The Balaban J connectivity index is 2.26. The zero-order valence-corrected chi connectivity index (χ0v) is 10.00. The highest BCUT2D eigenvalue weighted by molar-refractivity contribution is 6.34. The average Bonchev–Trinajstić information content (AvgIpc) is 2.75. The van der Waals surface area contributed by atoms with Crippen LogP contribution in [0.1, 0.15) is 0 Å². The van der Waals surface area contributed by atoms with Gasteiger partial charge in [-0.2, -0.15) is 0 Å². The number of rotatable bonds is 1. The zero-order valence-electron chi connectivity index (χ0n) is 8.48. The first kappa shape index (κ1) is 10.5. The van der Waals surface area contributed by atoms with E-state index in [0.717, 1.165) is 5.56 Å². The number of nitrogens with one attached hydrogen (secondary N) is 1. The Bertz CT molecular complexity index is 693. The van der Waals surface area contributed by atoms with E-state index in [9.17, 15) is 0 Å². The molecule has 0 aliphatic heterocycles. The fraction of sp³-hybridized carbons (Fsp3) is 0. The van der Waals surface area contributed by atoms with Crippen LogP contribution in [0.4, 0.5) is 0 Å². The minimum atomic E-state index is 0.348. The predicted molar refractivity (Wildman–Crippen MR) is 67.1 cm³/mol. The number of hydrogen-bond acceptors (Lipinski definition) is 3. The van der Waals surface area contributed by atoms with Gasteiger partial charge < -0.3 is 4.98 Å². The highest BCUT2D eigenvalue weighted by Gasteiger charge is 2.11. The molecule has 0 aliphatic carbocycles. The maximum atomic E-state index is 6.10. The molecule has 1 aromatic carbocycles. The van der Waals surface area contributed by atoms with Crippen LogP contribution >= 0.6 is 23.2 Å². The number of nitrogens with zero attached hydrogens (tertiary/aromatic N) is 3. The second-order valence-electron chi connectivity index (χ2n) is 3.43. The monoisotopic (exact) mass is 264 g/mol. The van der Waals surface area contributed by atoms with E-state index in [0.29, 0.717) is 27.2 Å². The van der Waals surface area contributed by atoms with Crippen LogP contribution in [0.3, 0.4) is 0 Å². The number of hydrogen-bond donors (Lipinski definition) is 1. The molecular formula is C11H6Cl2N4. The van der Waals surface area contributed by atoms with Crippen LogP contribution in [0.15, 0.2) is 30.6 Å². The molecule has 17 heavy (non-hydrogen) atoms. The number of halogens is 2. The molecule has 0 saturated heterocycles. The number of aromatic nitrogens is 4. The van der Waals surface area contributed by atoms with Gasteiger partial charge in [-0.3, -0.25) is 0 Å². The minimum Gasteiger partial charge on any atom is -0.334 e. The largest absolute Gasteiger partial charge is 0.334 e. The first-order valence-corrected chi connectivity index (χ1v) is 5.62. The van der Waals surface area contributed by atoms with Gasteiger partial charge >= 0.3 is 0 Å². The van der Waals surface area contributed by atoms with Crippen molar-refractivity contribution in [1.29, 1.82) is 0 Å². The minimum absolute atomic E-state index is 0.348. The molecule has 2 heterocycles. The maximum absolute atomic E-state index is 6.10. The van der Waals surface area contributed by atoms with Crippen molar-refractivity contribution in [3.05, 3.63) is 40.8 Å². The Labute approximate surface area is 107 Å². The standard InChI is InChI=1S/C11H6Cl2N4/c12-7-4-2-1-3-6(7)10-16-8-9(13)14-5-15-11(8)17-10/h1-5H,(H,14,15,16,17). The molecule has 4 nitrogen and oxygen atoms in total. The van der Waals surface area contributed by atoms with Crippen molar-refractivity contribution in [1.82, 2.24) is 19.9 Å². The van der Waals surface area contributed by atoms with E-state index in [1.165, 1.54) is 6.33 Å². The van der Waals surface area contributed by atoms with Crippen molar-refractivity contribution >= 4 is 34.4 Å². The van der Waals surface area contributed by atoms with Crippen LogP contribution in [-0.2, 0) is 0 Å². The molecule has 0 radical (unpaired) electrons. The summed E-state index contributed by atoms with van der Waals surface area (Å²) in [5, 5.41) is 0.969. The Morgan fingerprint density at radius 1 is 1.06 bits per heavy atom. The van der Waals surface area contributed by atoms with Crippen molar-refractivity contribution < 1.29 is 0 Å². The van der Waals surface area contributed by atoms with Crippen LogP contribution in [-0.4, -0.2) is 19.9 Å². The summed E-state index contributed by atoms with van der Waals surface area (Å²) in [4.78, 5) is 15.3. The van der Waals surface area contributed by atoms with Gasteiger partial charge in [-0.1, -0.05) is 35.3 Å². The molecule has 6 heteroatoms. The van der Waals surface area contributed by atoms with Gasteiger partial charge in [0, 0.05) is 5.56 Å². The lowest BCUT2D eigenvalue weighted by molar-refractivity contribution is 1.20. The lowest BCUT2D eigenvalue weighted by Crippen LogP contribution is -1.81. The molecule has 0 bridgehead atoms. The van der Waals surface area contributed by atoms with Crippen LogP contribution in [0.5, 0.6) is 0 Å². The SMILES string of the molecule is Clc1ccccc1-c1nc2ncnc(Cl)c2[nH]1. The second kappa shape index (κ2) is 3.98. The van der Waals surface area contributed by atoms with E-state index in [2.05, 4.69) is 19.9 Å². The summed E-state index contributed by atoms with van der Waals surface area (Å²) in [7, 11) is 0. The van der Waals surface area contributed by atoms with Gasteiger partial charge in [-0.05, 0) is 12.1 Å². The summed E-state index contributed by atoms with van der Waals surface area (Å²) < 4.78 is 0. The van der Waals surface area contributed by atoms with Gasteiger partial charge in [0.2, 0.25) is 0 Å². The lowest BCUT2D eigenvalue weighted by Gasteiger charge is -1.98. The number of imidazole rings is 1. The van der Waals surface area contributed by atoms with E-state index in [1.54, 1.807) is 6.07 Å². The van der Waals surface area contributed by atoms with Gasteiger partial charge in [0.05, 0.1) is 5.02 Å². The van der Waals surface area contributed by atoms with E-state index < -0.39 is 0 Å². The predicted octanol–water partition coefficient (Wildman–Crippen LogP) is 3.33. The molecule has 2 aromatic heterocycles. The molecule has 0 unspecified atom stereocenters. The summed E-state index contributed by atoms with van der Waals surface area (Å²) >= 11 is 12.0. The molecule has 0 saturated carbocycles. The Kier molecular flexibility index (Phi) is 2.46. The van der Waals surface area contributed by atoms with Crippen LogP contribution in [0, 0.1) is 0 Å². The summed E-state index contributed by atoms with van der Waals surface area (Å²) in [5.74, 6) is 0.632. The summed E-state index contributed by atoms with van der Waals surface area (Å²) in [5.41, 5.74) is 1.95. The number of H-pyrrole nitrogens is 1. The van der Waals surface area contributed by atoms with Crippen LogP contribution < -0.4 is 0 Å². The van der Waals surface area contributed by atoms with Crippen LogP contribution in [0.2, 0.25) is 10.2 Å². The summed E-state index contributed by atoms with van der Waals surface area (Å²) in [6.45, 7) is 0. The second-order valence-corrected chi connectivity index (χ2v) is 4.19. The molecule has 84 valence electrons. The highest BCUT2D eigenvalue weighted by Crippen LogP contribution is 2.27. The molecule has 0 spiro atoms. The number of fused-ring (bicyclic) bond motifs is 1. The molecular weight excluding hydrogens is 259 g/mol. The summed E-state index contributed by atoms with van der Waals surface area (Å²) in [6, 6.07) is 7.43. The smallest absolute Gasteiger partial charge is 0.182 e. The van der Waals surface area contributed by atoms with E-state index in [4.69, 9.17) is 23.2 Å². The average molecular weight is 265 g/mol. The van der Waals surface area contributed by atoms with Crippen molar-refractivity contribution in [3.63, 3.8) is 0 Å². The molecule has 0 fully saturated rings. The molecule has 3 rings (SSSR count). The molecule has 0 amide bonds. The van der Waals surface area contributed by atoms with Crippen LogP contribution in [0.25, 0.3) is 22.6 Å².